The number of hydrogen-bond acceptors (Lipinski definition) is 3. The van der Waals surface area contributed by atoms with Gasteiger partial charge in [-0.15, -0.1) is 25.6 Å². The predicted octanol–water partition coefficient (Wildman–Crippen LogP) is 4.34. The second-order valence-electron chi connectivity index (χ2n) is 7.55. The number of alkyl halides is 3. The molecule has 3 unspecified atom stereocenters. The van der Waals surface area contributed by atoms with Gasteiger partial charge in [0.25, 0.3) is 0 Å². The molecule has 3 rings (SSSR count). The molecule has 3 atom stereocenters. The van der Waals surface area contributed by atoms with Crippen molar-refractivity contribution in [2.45, 2.75) is 57.5 Å². The third-order valence-electron chi connectivity index (χ3n) is 5.73. The van der Waals surface area contributed by atoms with Gasteiger partial charge in [0.2, 0.25) is 5.91 Å². The molecule has 3 N–H and O–H groups in total. The van der Waals surface area contributed by atoms with Gasteiger partial charge in [-0.3, -0.25) is 4.79 Å². The summed E-state index contributed by atoms with van der Waals surface area (Å²) in [5, 5.41) is 2.94. The Bertz CT molecular complexity index is 642. The van der Waals surface area contributed by atoms with Crippen molar-refractivity contribution < 1.29 is 22.7 Å². The maximum atomic E-state index is 12.7. The van der Waals surface area contributed by atoms with Gasteiger partial charge in [0.15, 0.2) is 0 Å². The molecule has 0 aliphatic heterocycles. The molecule has 1 amide bonds. The molecule has 2 aliphatic rings. The third kappa shape index (κ3) is 5.51. The maximum absolute atomic E-state index is 12.7. The highest BCUT2D eigenvalue weighted by molar-refractivity contribution is 5.85. The number of halogens is 4. The Morgan fingerprint density at radius 3 is 2.48 bits per heavy atom. The lowest BCUT2D eigenvalue weighted by Crippen LogP contribution is -2.49. The minimum atomic E-state index is -4.73. The van der Waals surface area contributed by atoms with Crippen LogP contribution in [-0.2, 0) is 4.79 Å². The molecular weight excluding hydrogens is 381 g/mol. The first-order chi connectivity index (χ1) is 12.2. The van der Waals surface area contributed by atoms with E-state index in [0.29, 0.717) is 17.4 Å². The number of rotatable bonds is 4. The minimum Gasteiger partial charge on any atom is -0.406 e. The van der Waals surface area contributed by atoms with E-state index in [1.54, 1.807) is 13.0 Å². The number of carbonyl (C=O) groups is 1. The van der Waals surface area contributed by atoms with Gasteiger partial charge in [0.05, 0.1) is 6.04 Å². The zero-order chi connectivity index (χ0) is 18.9. The number of benzene rings is 1. The van der Waals surface area contributed by atoms with E-state index in [1.807, 2.05) is 0 Å². The Hall–Kier alpha value is -1.47. The van der Waals surface area contributed by atoms with E-state index < -0.39 is 12.4 Å². The van der Waals surface area contributed by atoms with Crippen LogP contribution >= 0.6 is 12.4 Å². The van der Waals surface area contributed by atoms with Crippen LogP contribution < -0.4 is 15.8 Å². The summed E-state index contributed by atoms with van der Waals surface area (Å²) in [6.07, 6.45) is 0.200. The predicted molar refractivity (Wildman–Crippen MR) is 98.5 cm³/mol. The molecule has 8 heteroatoms. The van der Waals surface area contributed by atoms with Crippen LogP contribution in [0.2, 0.25) is 0 Å². The van der Waals surface area contributed by atoms with Crippen LogP contribution in [0, 0.1) is 17.8 Å². The largest absolute Gasteiger partial charge is 0.573 e. The normalized spacial score (nSPS) is 28.6. The average molecular weight is 407 g/mol. The summed E-state index contributed by atoms with van der Waals surface area (Å²) in [5.74, 6) is 0.411. The third-order valence-corrected chi connectivity index (χ3v) is 5.73. The Morgan fingerprint density at radius 1 is 1.26 bits per heavy atom. The number of hydrogen-bond donors (Lipinski definition) is 2. The highest BCUT2D eigenvalue weighted by Crippen LogP contribution is 2.42. The monoisotopic (exact) mass is 406 g/mol. The summed E-state index contributed by atoms with van der Waals surface area (Å²) in [4.78, 5) is 12.7. The second kappa shape index (κ2) is 8.69. The molecule has 0 heterocycles. The van der Waals surface area contributed by atoms with Gasteiger partial charge >= 0.3 is 6.36 Å². The lowest BCUT2D eigenvalue weighted by Gasteiger charge is -2.43. The fourth-order valence-corrected chi connectivity index (χ4v) is 4.40. The molecule has 0 radical (unpaired) electrons. The lowest BCUT2D eigenvalue weighted by atomic mass is 9.65. The molecule has 27 heavy (non-hydrogen) atoms. The molecular formula is C19H26ClF3N2O2. The molecule has 2 fully saturated rings. The summed E-state index contributed by atoms with van der Waals surface area (Å²) in [7, 11) is 0. The van der Waals surface area contributed by atoms with Crippen LogP contribution in [0.1, 0.15) is 50.6 Å². The van der Waals surface area contributed by atoms with Crippen molar-refractivity contribution >= 4 is 18.3 Å². The van der Waals surface area contributed by atoms with Crippen LogP contribution in [0.5, 0.6) is 5.75 Å². The molecule has 0 saturated heterocycles. The molecule has 2 aliphatic carbocycles. The fourth-order valence-electron chi connectivity index (χ4n) is 4.40. The smallest absolute Gasteiger partial charge is 0.406 e. The topological polar surface area (TPSA) is 64.4 Å². The van der Waals surface area contributed by atoms with Crippen molar-refractivity contribution in [3.8, 4) is 5.75 Å². The van der Waals surface area contributed by atoms with Crippen LogP contribution in [0.4, 0.5) is 13.2 Å². The number of amides is 1. The van der Waals surface area contributed by atoms with Gasteiger partial charge in [-0.25, -0.2) is 0 Å². The number of ether oxygens (including phenoxy) is 1. The van der Waals surface area contributed by atoms with Crippen LogP contribution in [0.3, 0.4) is 0 Å². The van der Waals surface area contributed by atoms with Gasteiger partial charge in [0.1, 0.15) is 5.75 Å². The molecule has 0 aromatic heterocycles. The first-order valence-electron chi connectivity index (χ1n) is 9.14. The van der Waals surface area contributed by atoms with Gasteiger partial charge < -0.3 is 15.8 Å². The molecule has 4 nitrogen and oxygen atoms in total. The molecule has 2 saturated carbocycles. The van der Waals surface area contributed by atoms with Gasteiger partial charge in [-0.2, -0.15) is 0 Å². The van der Waals surface area contributed by atoms with Crippen molar-refractivity contribution in [3.05, 3.63) is 29.8 Å². The van der Waals surface area contributed by atoms with Gasteiger partial charge in [0, 0.05) is 12.0 Å². The zero-order valence-electron chi connectivity index (χ0n) is 15.2. The Balaban J connectivity index is 0.00000261. The van der Waals surface area contributed by atoms with Crippen LogP contribution in [0.25, 0.3) is 0 Å². The van der Waals surface area contributed by atoms with Crippen molar-refractivity contribution in [2.75, 3.05) is 0 Å². The Labute approximate surface area is 163 Å². The molecule has 1 aromatic rings. The number of nitrogens with two attached hydrogens (primary N) is 1. The maximum Gasteiger partial charge on any atom is 0.573 e. The zero-order valence-corrected chi connectivity index (χ0v) is 16.0. The Kier molecular flexibility index (Phi) is 7.03. The van der Waals surface area contributed by atoms with Crippen molar-refractivity contribution in [2.24, 2.45) is 23.5 Å². The second-order valence-corrected chi connectivity index (χ2v) is 7.55. The minimum absolute atomic E-state index is 0. The van der Waals surface area contributed by atoms with E-state index in [0.717, 1.165) is 25.7 Å². The number of nitrogens with one attached hydrogen (secondary N) is 1. The standard InChI is InChI=1S/C19H25F3N2O2.ClH/c1-11(12-4-3-7-16(10-12)26-19(20,21)22)24-18(25)15-8-13-5-2-6-14(9-15)17(13)23;/h3-4,7,10-11,13-15,17H,2,5-6,8-9,23H2,1H3,(H,24,25);1H. The summed E-state index contributed by atoms with van der Waals surface area (Å²) in [6.45, 7) is 1.76. The average Bonchev–Trinajstić information content (AvgIpc) is 2.53. The molecule has 152 valence electrons. The van der Waals surface area contributed by atoms with Gasteiger partial charge in [-0.05, 0) is 62.1 Å². The van der Waals surface area contributed by atoms with Crippen molar-refractivity contribution in [3.63, 3.8) is 0 Å². The van der Waals surface area contributed by atoms with Crippen molar-refractivity contribution in [1.29, 1.82) is 0 Å². The number of fused-ring (bicyclic) bond motifs is 2. The van der Waals surface area contributed by atoms with E-state index in [1.165, 1.54) is 24.6 Å². The number of carbonyl (C=O) groups excluding carboxylic acids is 1. The molecule has 0 spiro atoms. The molecule has 2 bridgehead atoms. The van der Waals surface area contributed by atoms with Crippen molar-refractivity contribution in [1.82, 2.24) is 5.32 Å². The van der Waals surface area contributed by atoms with E-state index in [4.69, 9.17) is 5.73 Å². The lowest BCUT2D eigenvalue weighted by molar-refractivity contribution is -0.274. The van der Waals surface area contributed by atoms with E-state index in [-0.39, 0.29) is 36.0 Å². The Morgan fingerprint density at radius 2 is 1.89 bits per heavy atom. The quantitative estimate of drug-likeness (QED) is 0.781. The summed E-state index contributed by atoms with van der Waals surface area (Å²) < 4.78 is 41.1. The first-order valence-corrected chi connectivity index (χ1v) is 9.14. The van der Waals surface area contributed by atoms with E-state index >= 15 is 0 Å². The van der Waals surface area contributed by atoms with Crippen LogP contribution in [-0.4, -0.2) is 18.3 Å². The SMILES string of the molecule is CC(NC(=O)C1CC2CCCC(C1)C2N)c1cccc(OC(F)(F)F)c1.Cl. The van der Waals surface area contributed by atoms with Gasteiger partial charge in [-0.1, -0.05) is 18.6 Å². The highest BCUT2D eigenvalue weighted by atomic mass is 35.5. The first kappa shape index (κ1) is 21.8. The van der Waals surface area contributed by atoms with E-state index in [9.17, 15) is 18.0 Å². The van der Waals surface area contributed by atoms with Crippen LogP contribution in [0.15, 0.2) is 24.3 Å². The fraction of sp³-hybridized carbons (Fsp3) is 0.632. The van der Waals surface area contributed by atoms with E-state index in [2.05, 4.69) is 10.1 Å². The summed E-state index contributed by atoms with van der Waals surface area (Å²) in [6, 6.07) is 5.53. The summed E-state index contributed by atoms with van der Waals surface area (Å²) in [5.41, 5.74) is 6.85. The summed E-state index contributed by atoms with van der Waals surface area (Å²) >= 11 is 0. The highest BCUT2D eigenvalue weighted by Gasteiger charge is 2.40. The molecule has 1 aromatic carbocycles.